The van der Waals surface area contributed by atoms with Crippen LogP contribution in [0.3, 0.4) is 0 Å². The van der Waals surface area contributed by atoms with Gasteiger partial charge in [0.1, 0.15) is 16.9 Å². The molecule has 1 atom stereocenters. The van der Waals surface area contributed by atoms with Gasteiger partial charge in [0, 0.05) is 36.3 Å². The SMILES string of the molecule is Cc1cccc(C(=O)N2CCC(c3ncn4ccsc34)C2)n1. The Labute approximate surface area is 132 Å². The fraction of sp³-hybridized carbons (Fsp3) is 0.312. The molecule has 6 heteroatoms. The topological polar surface area (TPSA) is 50.5 Å². The van der Waals surface area contributed by atoms with Crippen molar-refractivity contribution in [3.05, 3.63) is 53.2 Å². The minimum absolute atomic E-state index is 0.0211. The molecule has 4 heterocycles. The Kier molecular flexibility index (Phi) is 3.18. The average Bonchev–Trinajstić information content (AvgIpc) is 3.22. The molecular weight excluding hydrogens is 296 g/mol. The molecule has 0 N–H and O–H groups in total. The summed E-state index contributed by atoms with van der Waals surface area (Å²) < 4.78 is 2.05. The highest BCUT2D eigenvalue weighted by Crippen LogP contribution is 2.31. The van der Waals surface area contributed by atoms with E-state index in [4.69, 9.17) is 0 Å². The van der Waals surface area contributed by atoms with Gasteiger partial charge in [0.15, 0.2) is 0 Å². The highest BCUT2D eigenvalue weighted by Gasteiger charge is 2.31. The zero-order valence-corrected chi connectivity index (χ0v) is 13.1. The maximum Gasteiger partial charge on any atom is 0.272 e. The molecule has 1 fully saturated rings. The molecule has 22 heavy (non-hydrogen) atoms. The molecule has 0 radical (unpaired) electrons. The van der Waals surface area contributed by atoms with Gasteiger partial charge in [0.25, 0.3) is 5.91 Å². The lowest BCUT2D eigenvalue weighted by Crippen LogP contribution is -2.29. The normalized spacial score (nSPS) is 18.2. The fourth-order valence-corrected chi connectivity index (χ4v) is 3.92. The lowest BCUT2D eigenvalue weighted by Gasteiger charge is -2.15. The Morgan fingerprint density at radius 2 is 2.32 bits per heavy atom. The van der Waals surface area contributed by atoms with Gasteiger partial charge in [-0.1, -0.05) is 6.07 Å². The third-order valence-corrected chi connectivity index (χ3v) is 5.05. The van der Waals surface area contributed by atoms with E-state index < -0.39 is 0 Å². The van der Waals surface area contributed by atoms with Gasteiger partial charge in [0.05, 0.1) is 5.69 Å². The lowest BCUT2D eigenvalue weighted by atomic mass is 10.1. The van der Waals surface area contributed by atoms with Crippen LogP contribution >= 0.6 is 11.3 Å². The van der Waals surface area contributed by atoms with Crippen molar-refractivity contribution in [3.8, 4) is 0 Å². The van der Waals surface area contributed by atoms with E-state index in [2.05, 4.69) is 15.3 Å². The van der Waals surface area contributed by atoms with Gasteiger partial charge in [-0.25, -0.2) is 9.97 Å². The number of rotatable bonds is 2. The molecular formula is C16H16N4OS. The number of aryl methyl sites for hydroxylation is 1. The zero-order valence-electron chi connectivity index (χ0n) is 12.3. The number of thiazole rings is 1. The molecule has 1 unspecified atom stereocenters. The smallest absolute Gasteiger partial charge is 0.272 e. The van der Waals surface area contributed by atoms with Gasteiger partial charge in [-0.3, -0.25) is 9.20 Å². The van der Waals surface area contributed by atoms with Crippen molar-refractivity contribution in [1.29, 1.82) is 0 Å². The predicted octanol–water partition coefficient (Wildman–Crippen LogP) is 2.73. The van der Waals surface area contributed by atoms with Crippen LogP contribution in [-0.4, -0.2) is 38.3 Å². The molecule has 4 rings (SSSR count). The summed E-state index contributed by atoms with van der Waals surface area (Å²) in [5.74, 6) is 0.338. The first-order valence-corrected chi connectivity index (χ1v) is 8.23. The molecule has 1 amide bonds. The molecule has 112 valence electrons. The first-order chi connectivity index (χ1) is 10.7. The first-order valence-electron chi connectivity index (χ1n) is 7.35. The second kappa shape index (κ2) is 5.21. The number of imidazole rings is 1. The van der Waals surface area contributed by atoms with E-state index in [1.54, 1.807) is 17.4 Å². The lowest BCUT2D eigenvalue weighted by molar-refractivity contribution is 0.0784. The minimum Gasteiger partial charge on any atom is -0.337 e. The fourth-order valence-electron chi connectivity index (χ4n) is 3.02. The predicted molar refractivity (Wildman–Crippen MR) is 85.3 cm³/mol. The number of hydrogen-bond acceptors (Lipinski definition) is 4. The van der Waals surface area contributed by atoms with Crippen LogP contribution in [0.2, 0.25) is 0 Å². The van der Waals surface area contributed by atoms with Crippen molar-refractivity contribution in [3.63, 3.8) is 0 Å². The maximum absolute atomic E-state index is 12.6. The third-order valence-electron chi connectivity index (χ3n) is 4.15. The van der Waals surface area contributed by atoms with Gasteiger partial charge >= 0.3 is 0 Å². The van der Waals surface area contributed by atoms with Crippen molar-refractivity contribution >= 4 is 22.1 Å². The molecule has 0 saturated carbocycles. The standard InChI is InChI=1S/C16H16N4OS/c1-11-3-2-4-13(18-11)15(21)19-6-5-12(9-19)14-16-20(10-17-14)7-8-22-16/h2-4,7-8,10,12H,5-6,9H2,1H3. The van der Waals surface area contributed by atoms with E-state index in [1.165, 1.54) is 4.83 Å². The Bertz CT molecular complexity index is 837. The van der Waals surface area contributed by atoms with E-state index in [1.807, 2.05) is 40.9 Å². The summed E-state index contributed by atoms with van der Waals surface area (Å²) in [6.45, 7) is 3.39. The number of aromatic nitrogens is 3. The summed E-state index contributed by atoms with van der Waals surface area (Å²) in [6, 6.07) is 5.58. The molecule has 5 nitrogen and oxygen atoms in total. The van der Waals surface area contributed by atoms with Crippen LogP contribution in [0.15, 0.2) is 36.1 Å². The molecule has 1 aliphatic rings. The second-order valence-electron chi connectivity index (χ2n) is 5.65. The number of amides is 1. The molecule has 0 aliphatic carbocycles. The first kappa shape index (κ1) is 13.5. The highest BCUT2D eigenvalue weighted by molar-refractivity contribution is 7.15. The van der Waals surface area contributed by atoms with Crippen molar-refractivity contribution < 1.29 is 4.79 Å². The van der Waals surface area contributed by atoms with E-state index in [0.29, 0.717) is 11.6 Å². The van der Waals surface area contributed by atoms with Crippen LogP contribution in [0.5, 0.6) is 0 Å². The summed E-state index contributed by atoms with van der Waals surface area (Å²) in [5, 5.41) is 2.06. The number of carbonyl (C=O) groups is 1. The average molecular weight is 312 g/mol. The third kappa shape index (κ3) is 2.20. The largest absolute Gasteiger partial charge is 0.337 e. The Balaban J connectivity index is 1.55. The summed E-state index contributed by atoms with van der Waals surface area (Å²) in [7, 11) is 0. The number of pyridine rings is 1. The second-order valence-corrected chi connectivity index (χ2v) is 6.54. The number of fused-ring (bicyclic) bond motifs is 1. The molecule has 1 aliphatic heterocycles. The van der Waals surface area contributed by atoms with Crippen molar-refractivity contribution in [2.24, 2.45) is 0 Å². The Morgan fingerprint density at radius 1 is 1.41 bits per heavy atom. The van der Waals surface area contributed by atoms with Crippen molar-refractivity contribution in [2.45, 2.75) is 19.3 Å². The summed E-state index contributed by atoms with van der Waals surface area (Å²) in [6.07, 6.45) is 4.83. The zero-order chi connectivity index (χ0) is 15.1. The van der Waals surface area contributed by atoms with Crippen LogP contribution in [-0.2, 0) is 0 Å². The van der Waals surface area contributed by atoms with E-state index in [9.17, 15) is 4.79 Å². The number of likely N-dealkylation sites (tertiary alicyclic amines) is 1. The molecule has 0 aromatic carbocycles. The van der Waals surface area contributed by atoms with Crippen LogP contribution in [0.25, 0.3) is 4.83 Å². The van der Waals surface area contributed by atoms with E-state index >= 15 is 0 Å². The molecule has 3 aromatic heterocycles. The van der Waals surface area contributed by atoms with Gasteiger partial charge in [-0.05, 0) is 25.5 Å². The summed E-state index contributed by atoms with van der Waals surface area (Å²) in [4.78, 5) is 24.5. The van der Waals surface area contributed by atoms with Crippen LogP contribution in [0.1, 0.15) is 34.2 Å². The maximum atomic E-state index is 12.6. The Hall–Kier alpha value is -2.21. The van der Waals surface area contributed by atoms with E-state index in [0.717, 1.165) is 30.9 Å². The van der Waals surface area contributed by atoms with Crippen LogP contribution < -0.4 is 0 Å². The number of nitrogens with zero attached hydrogens (tertiary/aromatic N) is 4. The molecule has 0 bridgehead atoms. The summed E-state index contributed by atoms with van der Waals surface area (Å²) >= 11 is 1.70. The number of hydrogen-bond donors (Lipinski definition) is 0. The molecule has 0 spiro atoms. The van der Waals surface area contributed by atoms with Gasteiger partial charge < -0.3 is 4.90 Å². The quantitative estimate of drug-likeness (QED) is 0.731. The van der Waals surface area contributed by atoms with Gasteiger partial charge in [-0.15, -0.1) is 11.3 Å². The number of carbonyl (C=O) groups excluding carboxylic acids is 1. The molecule has 3 aromatic rings. The monoisotopic (exact) mass is 312 g/mol. The molecule has 1 saturated heterocycles. The van der Waals surface area contributed by atoms with Crippen molar-refractivity contribution in [1.82, 2.24) is 19.3 Å². The van der Waals surface area contributed by atoms with Crippen LogP contribution in [0, 0.1) is 6.92 Å². The van der Waals surface area contributed by atoms with Crippen molar-refractivity contribution in [2.75, 3.05) is 13.1 Å². The van der Waals surface area contributed by atoms with Gasteiger partial charge in [-0.2, -0.15) is 0 Å². The Morgan fingerprint density at radius 3 is 3.18 bits per heavy atom. The minimum atomic E-state index is 0.0211. The van der Waals surface area contributed by atoms with Gasteiger partial charge in [0.2, 0.25) is 0 Å². The summed E-state index contributed by atoms with van der Waals surface area (Å²) in [5.41, 5.74) is 2.52. The van der Waals surface area contributed by atoms with E-state index in [-0.39, 0.29) is 5.91 Å². The highest BCUT2D eigenvalue weighted by atomic mass is 32.1. The van der Waals surface area contributed by atoms with Crippen LogP contribution in [0.4, 0.5) is 0 Å².